The molecular formula is C92H120Cl2N16O13S2. The first-order chi connectivity index (χ1) is 58.5. The van der Waals surface area contributed by atoms with Crippen LogP contribution in [-0.2, 0) is 40.4 Å². The summed E-state index contributed by atoms with van der Waals surface area (Å²) in [5.41, 5.74) is 4.35. The van der Waals surface area contributed by atoms with E-state index >= 15 is 0 Å². The molecule has 6 aliphatic carbocycles. The van der Waals surface area contributed by atoms with Crippen molar-refractivity contribution in [2.75, 3.05) is 36.9 Å². The minimum absolute atomic E-state index is 0.0264. The molecule has 2 aliphatic heterocycles. The van der Waals surface area contributed by atoms with E-state index in [9.17, 15) is 36.0 Å². The number of hydrogen-bond acceptors (Lipinski definition) is 22. The molecule has 0 radical (unpaired) electrons. The number of hydrogen-bond donors (Lipinski definition) is 5. The number of halogens is 2. The van der Waals surface area contributed by atoms with Gasteiger partial charge >= 0.3 is 18.2 Å². The van der Waals surface area contributed by atoms with E-state index in [1.54, 1.807) is 61.1 Å². The summed E-state index contributed by atoms with van der Waals surface area (Å²) < 4.78 is 79.3. The number of nitrogens with one attached hydrogen (secondary N) is 3. The quantitative estimate of drug-likeness (QED) is 0.0299. The van der Waals surface area contributed by atoms with Crippen LogP contribution in [-0.4, -0.2) is 154 Å². The van der Waals surface area contributed by atoms with Gasteiger partial charge in [0.25, 0.3) is 26.0 Å². The third-order valence-electron chi connectivity index (χ3n) is 26.5. The zero-order valence-corrected chi connectivity index (χ0v) is 77.7. The predicted octanol–water partition coefficient (Wildman–Crippen LogP) is 18.0. The lowest BCUT2D eigenvalue weighted by Crippen LogP contribution is -2.45. The number of pyridine rings is 6. The molecule has 6 N–H and O–H groups in total. The first-order valence-corrected chi connectivity index (χ1v) is 47.2. The van der Waals surface area contributed by atoms with E-state index in [1.807, 2.05) is 69.7 Å². The fraction of sp³-hybridized carbons (Fsp3) is 0.565. The van der Waals surface area contributed by atoms with Crippen LogP contribution in [0.25, 0.3) is 11.6 Å². The minimum Gasteiger partial charge on any atom is -0.478 e. The van der Waals surface area contributed by atoms with E-state index in [4.69, 9.17) is 57.4 Å². The van der Waals surface area contributed by atoms with Gasteiger partial charge in [-0.15, -0.1) is 10.2 Å². The number of carbonyl (C=O) groups excluding carboxylic acids is 3. The monoisotopic (exact) mass is 1790 g/mol. The third kappa shape index (κ3) is 20.8. The Morgan fingerprint density at radius 2 is 0.920 bits per heavy atom. The number of primary sulfonamides is 1. The van der Waals surface area contributed by atoms with Crippen molar-refractivity contribution in [3.05, 3.63) is 166 Å². The summed E-state index contributed by atoms with van der Waals surface area (Å²) in [6.07, 6.45) is 24.3. The van der Waals surface area contributed by atoms with Gasteiger partial charge in [0, 0.05) is 61.1 Å². The summed E-state index contributed by atoms with van der Waals surface area (Å²) in [4.78, 5) is 80.6. The molecule has 8 fully saturated rings. The molecule has 4 atom stereocenters. The third-order valence-corrected chi connectivity index (χ3v) is 29.1. The van der Waals surface area contributed by atoms with E-state index in [2.05, 4.69) is 132 Å². The molecule has 33 heteroatoms. The lowest BCUT2D eigenvalue weighted by molar-refractivity contribution is 0.0118. The molecule has 672 valence electrons. The number of nitrogens with two attached hydrogens (primary N) is 1. The van der Waals surface area contributed by atoms with Crippen LogP contribution >= 0.6 is 23.2 Å². The maximum Gasteiger partial charge on any atom is 0.410 e. The van der Waals surface area contributed by atoms with Crippen LogP contribution in [0.2, 0.25) is 10.3 Å². The summed E-state index contributed by atoms with van der Waals surface area (Å²) in [5.74, 6) is 2.58. The van der Waals surface area contributed by atoms with Crippen molar-refractivity contribution in [2.45, 2.75) is 269 Å². The van der Waals surface area contributed by atoms with Gasteiger partial charge in [0.05, 0.1) is 47.8 Å². The summed E-state index contributed by atoms with van der Waals surface area (Å²) in [6.45, 7) is 34.8. The number of carbonyl (C=O) groups is 4. The van der Waals surface area contributed by atoms with Crippen molar-refractivity contribution in [1.29, 1.82) is 0 Å². The van der Waals surface area contributed by atoms with E-state index in [0.717, 1.165) is 72.9 Å². The summed E-state index contributed by atoms with van der Waals surface area (Å²) in [6, 6.07) is 26.3. The molecule has 16 rings (SSSR count). The van der Waals surface area contributed by atoms with Crippen molar-refractivity contribution in [1.82, 2.24) is 64.0 Å². The number of fused-ring (bicyclic) bond motifs is 2. The van der Waals surface area contributed by atoms with Gasteiger partial charge < -0.3 is 44.5 Å². The molecule has 8 aliphatic rings. The summed E-state index contributed by atoms with van der Waals surface area (Å²) in [5, 5.41) is 29.2. The highest BCUT2D eigenvalue weighted by Gasteiger charge is 2.86. The zero-order chi connectivity index (χ0) is 90.2. The lowest BCUT2D eigenvalue weighted by Gasteiger charge is -2.33. The van der Waals surface area contributed by atoms with Gasteiger partial charge in [-0.25, -0.2) is 62.0 Å². The number of nitrogens with zero attached hydrogens (tertiary/aromatic N) is 12. The van der Waals surface area contributed by atoms with E-state index in [-0.39, 0.29) is 95.3 Å². The Morgan fingerprint density at radius 1 is 0.528 bits per heavy atom. The number of ether oxygens (including phenoxy) is 4. The van der Waals surface area contributed by atoms with E-state index < -0.39 is 43.1 Å². The summed E-state index contributed by atoms with van der Waals surface area (Å²) >= 11 is 12.4. The number of carboxylic acid groups (broad SMARTS) is 1. The minimum atomic E-state index is -4.45. The van der Waals surface area contributed by atoms with Gasteiger partial charge in [-0.05, 0) is 312 Å². The van der Waals surface area contributed by atoms with Crippen molar-refractivity contribution >= 4 is 78.9 Å². The standard InChI is InChI=1S/C46H59ClN8O6S.C28H43N5O4S.C18H18ClN3O3/c1-42(2,3)30-16-23-48-33(26-30)32(14-12-29-27-44(7,8)54(28-29)41(57)61-43(4,5)6)49-35-10-9-11-38(50-35)62(58,59)53-40(56)31-13-15-36(51-39(31)47)55-24-17-37(52-55)60-25-18-34-45(19-20-45)46(34)21-22-46;1-26(2,3)20-14-15-30-22(16-20)21(31-23-10-9-11-24(32-23)38(29,35)36)13-12-19-17-28(7,8)33(18-19)25(34)37-27(4,5)6;19-15-11(16(23)24)1-2-13(20-15)22-9-3-14(21-22)25-10-4-12-17(5-6-17)18(12)7-8-18/h9-11,13,15-17,23-24,26,29,32,34H,12,14,18-22,25,27-28H2,1-8H3,(H,49,50)(H,53,56);9-11,14-16,19,21H,12-13,17-18H2,1-8H3,(H,31,32)(H2,29,35,36);1-3,9,12H,4-8,10H2,(H,23,24)/t29-,32?;19-,21?;/m00./s1. The average Bonchev–Trinajstić information content (AvgIpc) is 1.45. The number of likely N-dealkylation sites (tertiary alicyclic amines) is 2. The normalized spacial score (nSPS) is 20.0. The second-order valence-corrected chi connectivity index (χ2v) is 44.5. The van der Waals surface area contributed by atoms with E-state index in [1.165, 1.54) is 91.1 Å². The highest BCUT2D eigenvalue weighted by molar-refractivity contribution is 7.90. The maximum absolute atomic E-state index is 13.7. The maximum atomic E-state index is 13.7. The molecule has 2 saturated heterocycles. The fourth-order valence-electron chi connectivity index (χ4n) is 19.7. The number of carboxylic acids is 1. The Labute approximate surface area is 743 Å². The first kappa shape index (κ1) is 91.6. The number of amides is 3. The number of aromatic nitrogens is 10. The Morgan fingerprint density at radius 3 is 1.29 bits per heavy atom. The number of sulfonamides is 2. The van der Waals surface area contributed by atoms with Crippen molar-refractivity contribution < 1.29 is 60.1 Å². The summed E-state index contributed by atoms with van der Waals surface area (Å²) in [7, 11) is -8.39. The van der Waals surface area contributed by atoms with Gasteiger partial charge in [0.15, 0.2) is 21.7 Å². The van der Waals surface area contributed by atoms with Crippen molar-refractivity contribution in [2.24, 2.45) is 50.5 Å². The van der Waals surface area contributed by atoms with Crippen LogP contribution in [0.5, 0.6) is 11.8 Å². The van der Waals surface area contributed by atoms with Gasteiger partial charge in [-0.3, -0.25) is 14.8 Å². The molecule has 8 aromatic rings. The topological polar surface area (TPSA) is 375 Å². The molecule has 2 unspecified atom stereocenters. The van der Waals surface area contributed by atoms with Crippen LogP contribution in [0.3, 0.4) is 0 Å². The van der Waals surface area contributed by atoms with Gasteiger partial charge in [-0.1, -0.05) is 76.9 Å². The van der Waals surface area contributed by atoms with Gasteiger partial charge in [0.2, 0.25) is 11.8 Å². The predicted molar refractivity (Wildman–Crippen MR) is 475 cm³/mol. The Bertz CT molecular complexity index is 5570. The molecule has 6 saturated carbocycles. The Kier molecular flexibility index (Phi) is 25.1. The second-order valence-electron chi connectivity index (χ2n) is 40.7. The number of anilines is 2. The first-order valence-electron chi connectivity index (χ1n) is 43.5. The molecule has 8 aromatic heterocycles. The van der Waals surface area contributed by atoms with Gasteiger partial charge in [0.1, 0.15) is 33.1 Å². The fourth-order valence-corrected chi connectivity index (χ4v) is 21.5. The molecule has 29 nitrogen and oxygen atoms in total. The van der Waals surface area contributed by atoms with Gasteiger partial charge in [-0.2, -0.15) is 8.42 Å². The van der Waals surface area contributed by atoms with Crippen LogP contribution < -0.4 is 30.0 Å². The largest absolute Gasteiger partial charge is 0.478 e. The molecule has 10 heterocycles. The van der Waals surface area contributed by atoms with Crippen LogP contribution in [0.1, 0.15) is 269 Å². The zero-order valence-electron chi connectivity index (χ0n) is 74.5. The Balaban J connectivity index is 0.000000170. The molecule has 0 aromatic carbocycles. The van der Waals surface area contributed by atoms with E-state index in [0.29, 0.717) is 90.0 Å². The number of aromatic carboxylic acids is 1. The highest BCUT2D eigenvalue weighted by atomic mass is 35.5. The highest BCUT2D eigenvalue weighted by Crippen LogP contribution is 2.94. The molecular weight excluding hydrogens is 1670 g/mol. The second kappa shape index (κ2) is 34.2. The smallest absolute Gasteiger partial charge is 0.410 e. The SMILES string of the molecule is CC(C)(C)OC(=O)N1C[C@@H](CCC(Nc2cccc(S(=O)(=O)NC(=O)c3ccc(-n4ccc(OCCC5C6(CC6)C56CC6)n4)nc3Cl)n2)c2cc(C(C)(C)C)ccn2)CC1(C)C.CC(C)(C)OC(=O)N1C[C@@H](CCC(Nc2cccc(S(N)(=O)=O)n2)c2cc(C(C)(C)C)ccn2)CC1(C)C.O=C(O)c1ccc(-n2ccc(OCCC3C4(CC4)C34CC4)n2)nc1Cl. The molecule has 4 spiro atoms. The molecule has 125 heavy (non-hydrogen) atoms. The molecule has 3 amide bonds. The van der Waals surface area contributed by atoms with Crippen LogP contribution in [0, 0.1) is 45.3 Å². The molecule has 0 bridgehead atoms. The lowest BCUT2D eigenvalue weighted by atomic mass is 9.86. The average molecular weight is 1790 g/mol. The van der Waals surface area contributed by atoms with Crippen molar-refractivity contribution in [3.8, 4) is 23.4 Å². The number of rotatable bonds is 27. The van der Waals surface area contributed by atoms with Crippen LogP contribution in [0.4, 0.5) is 21.2 Å². The van der Waals surface area contributed by atoms with Crippen molar-refractivity contribution in [3.63, 3.8) is 0 Å². The Hall–Kier alpha value is -9.56. The van der Waals surface area contributed by atoms with Crippen LogP contribution in [0.15, 0.2) is 132 Å².